The van der Waals surface area contributed by atoms with Gasteiger partial charge in [-0.3, -0.25) is 9.59 Å². The zero-order chi connectivity index (χ0) is 12.6. The van der Waals surface area contributed by atoms with Crippen molar-refractivity contribution in [2.45, 2.75) is 12.6 Å². The molecule has 7 heteroatoms. The summed E-state index contributed by atoms with van der Waals surface area (Å²) in [7, 11) is 0. The minimum absolute atomic E-state index is 0.0480. The Morgan fingerprint density at radius 1 is 1.44 bits per heavy atom. The first kappa shape index (κ1) is 12.5. The van der Waals surface area contributed by atoms with Crippen LogP contribution in [-0.4, -0.2) is 41.1 Å². The number of halogens is 3. The zero-order valence-electron chi connectivity index (χ0n) is 8.25. The van der Waals surface area contributed by atoms with Gasteiger partial charge < -0.3 is 10.0 Å². The second kappa shape index (κ2) is 3.80. The highest BCUT2D eigenvalue weighted by atomic mass is 19.4. The summed E-state index contributed by atoms with van der Waals surface area (Å²) in [4.78, 5) is 22.2. The smallest absolute Gasteiger partial charge is 0.471 e. The predicted octanol–water partition coefficient (Wildman–Crippen LogP) is 1.04. The summed E-state index contributed by atoms with van der Waals surface area (Å²) in [5.74, 6) is -3.27. The molecule has 1 heterocycles. The number of hydrogen-bond acceptors (Lipinski definition) is 2. The number of rotatable bonds is 2. The average molecular weight is 237 g/mol. The molecule has 1 unspecified atom stereocenters. The number of nitrogens with zero attached hydrogens (tertiary/aromatic N) is 1. The van der Waals surface area contributed by atoms with Crippen LogP contribution in [0.5, 0.6) is 0 Å². The third-order valence-corrected chi connectivity index (χ3v) is 2.65. The Morgan fingerprint density at radius 2 is 2.00 bits per heavy atom. The van der Waals surface area contributed by atoms with E-state index in [1.54, 1.807) is 0 Å². The fourth-order valence-corrected chi connectivity index (χ4v) is 1.61. The normalized spacial score (nSPS) is 25.6. The van der Waals surface area contributed by atoms with Crippen LogP contribution in [0.25, 0.3) is 0 Å². The second-order valence-electron chi connectivity index (χ2n) is 3.64. The molecule has 0 radical (unpaired) electrons. The number of carbonyl (C=O) groups excluding carboxylic acids is 1. The van der Waals surface area contributed by atoms with Crippen molar-refractivity contribution < 1.29 is 27.9 Å². The zero-order valence-corrected chi connectivity index (χ0v) is 8.25. The van der Waals surface area contributed by atoms with E-state index in [1.165, 1.54) is 0 Å². The molecule has 1 rings (SSSR count). The third-order valence-electron chi connectivity index (χ3n) is 2.65. The van der Waals surface area contributed by atoms with Gasteiger partial charge in [0.05, 0.1) is 0 Å². The highest BCUT2D eigenvalue weighted by Gasteiger charge is 2.50. The van der Waals surface area contributed by atoms with Gasteiger partial charge in [-0.15, -0.1) is 6.58 Å². The third kappa shape index (κ3) is 2.02. The summed E-state index contributed by atoms with van der Waals surface area (Å²) >= 11 is 0. The molecule has 1 aliphatic rings. The number of alkyl halides is 3. The molecule has 0 aromatic heterocycles. The lowest BCUT2D eigenvalue weighted by atomic mass is 9.88. The molecule has 0 aromatic rings. The largest absolute Gasteiger partial charge is 0.481 e. The van der Waals surface area contributed by atoms with Gasteiger partial charge in [-0.2, -0.15) is 13.2 Å². The molecule has 0 saturated carbocycles. The number of likely N-dealkylation sites (tertiary alicyclic amines) is 1. The molecule has 0 spiro atoms. The average Bonchev–Trinajstić information content (AvgIpc) is 2.60. The van der Waals surface area contributed by atoms with Crippen LogP contribution >= 0.6 is 0 Å². The molecule has 0 bridgehead atoms. The van der Waals surface area contributed by atoms with Crippen LogP contribution in [-0.2, 0) is 9.59 Å². The fraction of sp³-hybridized carbons (Fsp3) is 0.556. The highest BCUT2D eigenvalue weighted by Crippen LogP contribution is 2.34. The molecule has 0 aliphatic carbocycles. The van der Waals surface area contributed by atoms with Gasteiger partial charge >= 0.3 is 18.1 Å². The van der Waals surface area contributed by atoms with Crippen molar-refractivity contribution in [2.75, 3.05) is 13.1 Å². The summed E-state index contributed by atoms with van der Waals surface area (Å²) in [6.45, 7) is 2.58. The maximum Gasteiger partial charge on any atom is 0.471 e. The minimum Gasteiger partial charge on any atom is -0.481 e. The summed E-state index contributed by atoms with van der Waals surface area (Å²) in [6, 6.07) is 0. The van der Waals surface area contributed by atoms with E-state index in [0.29, 0.717) is 4.90 Å². The monoisotopic (exact) mass is 237 g/mol. The summed E-state index contributed by atoms with van der Waals surface area (Å²) < 4.78 is 36.3. The molecular formula is C9H10F3NO3. The number of aliphatic carboxylic acids is 1. The molecule has 0 aromatic carbocycles. The van der Waals surface area contributed by atoms with E-state index in [4.69, 9.17) is 5.11 Å². The lowest BCUT2D eigenvalue weighted by Crippen LogP contribution is -2.42. The van der Waals surface area contributed by atoms with Crippen molar-refractivity contribution in [1.29, 1.82) is 0 Å². The van der Waals surface area contributed by atoms with Crippen molar-refractivity contribution in [2.24, 2.45) is 5.41 Å². The molecule has 1 atom stereocenters. The minimum atomic E-state index is -4.96. The maximum atomic E-state index is 12.1. The Balaban J connectivity index is 2.83. The molecule has 1 fully saturated rings. The van der Waals surface area contributed by atoms with Gasteiger partial charge in [0.25, 0.3) is 0 Å². The van der Waals surface area contributed by atoms with Gasteiger partial charge in [0.15, 0.2) is 0 Å². The first-order valence-electron chi connectivity index (χ1n) is 4.46. The number of carbonyl (C=O) groups is 2. The molecule has 90 valence electrons. The van der Waals surface area contributed by atoms with Crippen molar-refractivity contribution in [3.8, 4) is 0 Å². The number of hydrogen-bond donors (Lipinski definition) is 1. The molecule has 1 N–H and O–H groups in total. The quantitative estimate of drug-likeness (QED) is 0.730. The summed E-state index contributed by atoms with van der Waals surface area (Å²) in [5.41, 5.74) is -1.46. The van der Waals surface area contributed by atoms with Gasteiger partial charge in [0.2, 0.25) is 0 Å². The standard InChI is InChI=1S/C9H10F3NO3/c1-2-8(7(15)16)3-4-13(5-8)6(14)9(10,11)12/h2H,1,3-5H2,(H,15,16). The Bertz CT molecular complexity index is 339. The predicted molar refractivity (Wildman–Crippen MR) is 47.5 cm³/mol. The molecule has 1 aliphatic heterocycles. The van der Waals surface area contributed by atoms with Crippen molar-refractivity contribution in [3.63, 3.8) is 0 Å². The van der Waals surface area contributed by atoms with E-state index >= 15 is 0 Å². The highest BCUT2D eigenvalue weighted by molar-refractivity contribution is 5.85. The number of carboxylic acid groups (broad SMARTS) is 1. The molecular weight excluding hydrogens is 227 g/mol. The second-order valence-corrected chi connectivity index (χ2v) is 3.64. The van der Waals surface area contributed by atoms with E-state index < -0.39 is 30.0 Å². The molecule has 4 nitrogen and oxygen atoms in total. The molecule has 16 heavy (non-hydrogen) atoms. The van der Waals surface area contributed by atoms with Crippen LogP contribution < -0.4 is 0 Å². The Kier molecular flexibility index (Phi) is 2.98. The van der Waals surface area contributed by atoms with E-state index in [0.717, 1.165) is 6.08 Å². The fourth-order valence-electron chi connectivity index (χ4n) is 1.61. The van der Waals surface area contributed by atoms with E-state index in [-0.39, 0.29) is 13.0 Å². The lowest BCUT2D eigenvalue weighted by Gasteiger charge is -2.21. The van der Waals surface area contributed by atoms with Gasteiger partial charge in [-0.25, -0.2) is 0 Å². The van der Waals surface area contributed by atoms with Crippen LogP contribution in [0.4, 0.5) is 13.2 Å². The summed E-state index contributed by atoms with van der Waals surface area (Å²) in [6.07, 6.45) is -3.93. The Labute approximate surface area is 89.3 Å². The maximum absolute atomic E-state index is 12.1. The topological polar surface area (TPSA) is 57.6 Å². The number of carboxylic acids is 1. The Morgan fingerprint density at radius 3 is 2.31 bits per heavy atom. The number of amides is 1. The summed E-state index contributed by atoms with van der Waals surface area (Å²) in [5, 5.41) is 8.88. The van der Waals surface area contributed by atoms with Crippen molar-refractivity contribution in [3.05, 3.63) is 12.7 Å². The SMILES string of the molecule is C=CC1(C(=O)O)CCN(C(=O)C(F)(F)F)C1. The lowest BCUT2D eigenvalue weighted by molar-refractivity contribution is -0.184. The van der Waals surface area contributed by atoms with Crippen molar-refractivity contribution >= 4 is 11.9 Å². The van der Waals surface area contributed by atoms with Gasteiger partial charge in [-0.1, -0.05) is 6.08 Å². The van der Waals surface area contributed by atoms with Gasteiger partial charge in [-0.05, 0) is 6.42 Å². The van der Waals surface area contributed by atoms with Crippen LogP contribution in [0.1, 0.15) is 6.42 Å². The van der Waals surface area contributed by atoms with E-state index in [9.17, 15) is 22.8 Å². The van der Waals surface area contributed by atoms with Crippen LogP contribution in [0.15, 0.2) is 12.7 Å². The first-order chi connectivity index (χ1) is 7.23. The molecule has 1 saturated heterocycles. The van der Waals surface area contributed by atoms with Gasteiger partial charge in [0.1, 0.15) is 5.41 Å². The van der Waals surface area contributed by atoms with E-state index in [1.807, 2.05) is 0 Å². The molecule has 1 amide bonds. The van der Waals surface area contributed by atoms with Crippen LogP contribution in [0.3, 0.4) is 0 Å². The van der Waals surface area contributed by atoms with Crippen LogP contribution in [0.2, 0.25) is 0 Å². The van der Waals surface area contributed by atoms with E-state index in [2.05, 4.69) is 6.58 Å². The first-order valence-corrected chi connectivity index (χ1v) is 4.46. The Hall–Kier alpha value is -1.53. The van der Waals surface area contributed by atoms with Crippen molar-refractivity contribution in [1.82, 2.24) is 4.90 Å². The van der Waals surface area contributed by atoms with Crippen LogP contribution in [0, 0.1) is 5.41 Å². The van der Waals surface area contributed by atoms with Gasteiger partial charge in [0, 0.05) is 13.1 Å².